The van der Waals surface area contributed by atoms with E-state index in [-0.39, 0.29) is 6.67 Å². The molecule has 0 amide bonds. The zero-order valence-electron chi connectivity index (χ0n) is 9.01. The second-order valence-electron chi connectivity index (χ2n) is 4.14. The van der Waals surface area contributed by atoms with Crippen LogP contribution in [0.15, 0.2) is 24.3 Å². The molecule has 2 rings (SSSR count). The van der Waals surface area contributed by atoms with Crippen molar-refractivity contribution in [3.05, 3.63) is 35.4 Å². The van der Waals surface area contributed by atoms with Gasteiger partial charge in [-0.05, 0) is 43.4 Å². The van der Waals surface area contributed by atoms with E-state index in [4.69, 9.17) is 0 Å². The van der Waals surface area contributed by atoms with E-state index in [1.165, 1.54) is 30.4 Å². The summed E-state index contributed by atoms with van der Waals surface area (Å²) in [6.07, 6.45) is 4.24. The Morgan fingerprint density at radius 3 is 3.07 bits per heavy atom. The van der Waals surface area contributed by atoms with E-state index in [2.05, 4.69) is 29.6 Å². The Morgan fingerprint density at radius 1 is 1.33 bits per heavy atom. The van der Waals surface area contributed by atoms with E-state index in [1.54, 1.807) is 0 Å². The smallest absolute Gasteiger partial charge is 0.0906 e. The van der Waals surface area contributed by atoms with Gasteiger partial charge in [0.1, 0.15) is 0 Å². The van der Waals surface area contributed by atoms with Crippen LogP contribution in [0, 0.1) is 0 Å². The number of rotatable bonds is 4. The predicted molar refractivity (Wildman–Crippen MR) is 60.7 cm³/mol. The highest BCUT2D eigenvalue weighted by atomic mass is 19.1. The Balaban J connectivity index is 2.02. The van der Waals surface area contributed by atoms with Crippen LogP contribution in [-0.2, 0) is 6.42 Å². The SMILES string of the molecule is FCCCNC1CCCc2ccccc21. The molecule has 0 heterocycles. The second-order valence-corrected chi connectivity index (χ2v) is 4.14. The van der Waals surface area contributed by atoms with E-state index in [1.807, 2.05) is 0 Å². The van der Waals surface area contributed by atoms with Crippen LogP contribution >= 0.6 is 0 Å². The number of alkyl halides is 1. The van der Waals surface area contributed by atoms with Gasteiger partial charge in [0.25, 0.3) is 0 Å². The summed E-state index contributed by atoms with van der Waals surface area (Å²) in [7, 11) is 0. The molecule has 1 nitrogen and oxygen atoms in total. The Hall–Kier alpha value is -0.890. The molecule has 1 aliphatic carbocycles. The maximum absolute atomic E-state index is 12.0. The minimum atomic E-state index is -0.221. The van der Waals surface area contributed by atoms with E-state index < -0.39 is 0 Å². The molecule has 1 N–H and O–H groups in total. The van der Waals surface area contributed by atoms with E-state index in [0.717, 1.165) is 6.54 Å². The van der Waals surface area contributed by atoms with Gasteiger partial charge in [-0.1, -0.05) is 24.3 Å². The quantitative estimate of drug-likeness (QED) is 0.748. The molecule has 0 radical (unpaired) electrons. The Bertz CT molecular complexity index is 311. The van der Waals surface area contributed by atoms with Crippen molar-refractivity contribution in [2.75, 3.05) is 13.2 Å². The fraction of sp³-hybridized carbons (Fsp3) is 0.538. The zero-order chi connectivity index (χ0) is 10.5. The van der Waals surface area contributed by atoms with Gasteiger partial charge in [-0.3, -0.25) is 4.39 Å². The van der Waals surface area contributed by atoms with Crippen molar-refractivity contribution >= 4 is 0 Å². The maximum Gasteiger partial charge on any atom is 0.0906 e. The standard InChI is InChI=1S/C13H18FN/c14-9-4-10-15-13-8-3-6-11-5-1-2-7-12(11)13/h1-2,5,7,13,15H,3-4,6,8-10H2. The monoisotopic (exact) mass is 207 g/mol. The summed E-state index contributed by atoms with van der Waals surface area (Å²) < 4.78 is 12.0. The van der Waals surface area contributed by atoms with E-state index in [0.29, 0.717) is 12.5 Å². The molecule has 15 heavy (non-hydrogen) atoms. The van der Waals surface area contributed by atoms with Gasteiger partial charge in [0.2, 0.25) is 0 Å². The topological polar surface area (TPSA) is 12.0 Å². The molecule has 0 saturated heterocycles. The minimum Gasteiger partial charge on any atom is -0.310 e. The summed E-state index contributed by atoms with van der Waals surface area (Å²) >= 11 is 0. The molecule has 1 aromatic rings. The highest BCUT2D eigenvalue weighted by molar-refractivity contribution is 5.32. The molecule has 0 fully saturated rings. The van der Waals surface area contributed by atoms with Crippen molar-refractivity contribution in [1.29, 1.82) is 0 Å². The van der Waals surface area contributed by atoms with Crippen LogP contribution in [0.3, 0.4) is 0 Å². The number of hydrogen-bond acceptors (Lipinski definition) is 1. The van der Waals surface area contributed by atoms with Crippen molar-refractivity contribution in [3.63, 3.8) is 0 Å². The van der Waals surface area contributed by atoms with Crippen LogP contribution in [0.1, 0.15) is 36.4 Å². The summed E-state index contributed by atoms with van der Waals surface area (Å²) in [5.74, 6) is 0. The van der Waals surface area contributed by atoms with Gasteiger partial charge < -0.3 is 5.32 Å². The van der Waals surface area contributed by atoms with Gasteiger partial charge in [0.05, 0.1) is 6.67 Å². The highest BCUT2D eigenvalue weighted by Gasteiger charge is 2.18. The molecule has 0 saturated carbocycles. The third-order valence-electron chi connectivity index (χ3n) is 3.07. The Kier molecular flexibility index (Phi) is 3.73. The van der Waals surface area contributed by atoms with Crippen LogP contribution in [0.2, 0.25) is 0 Å². The molecule has 0 spiro atoms. The lowest BCUT2D eigenvalue weighted by atomic mass is 9.88. The molecule has 0 bridgehead atoms. The third kappa shape index (κ3) is 2.57. The first-order valence-electron chi connectivity index (χ1n) is 5.79. The maximum atomic E-state index is 12.0. The predicted octanol–water partition coefficient (Wildman–Crippen LogP) is 3.01. The van der Waals surface area contributed by atoms with Gasteiger partial charge in [0.15, 0.2) is 0 Å². The molecule has 0 aromatic heterocycles. The van der Waals surface area contributed by atoms with Crippen molar-refractivity contribution in [3.8, 4) is 0 Å². The molecule has 1 atom stereocenters. The lowest BCUT2D eigenvalue weighted by Crippen LogP contribution is -2.26. The summed E-state index contributed by atoms with van der Waals surface area (Å²) in [5, 5.41) is 3.44. The van der Waals surface area contributed by atoms with E-state index in [9.17, 15) is 4.39 Å². The Labute approximate surface area is 90.7 Å². The summed E-state index contributed by atoms with van der Waals surface area (Å²) in [6.45, 7) is 0.566. The first kappa shape index (κ1) is 10.6. The molecule has 1 unspecified atom stereocenters. The van der Waals surface area contributed by atoms with Crippen LogP contribution in [0.25, 0.3) is 0 Å². The molecular weight excluding hydrogens is 189 g/mol. The zero-order valence-corrected chi connectivity index (χ0v) is 9.01. The first-order valence-corrected chi connectivity index (χ1v) is 5.79. The number of hydrogen-bond donors (Lipinski definition) is 1. The number of aryl methyl sites for hydroxylation is 1. The van der Waals surface area contributed by atoms with Crippen molar-refractivity contribution in [1.82, 2.24) is 5.32 Å². The fourth-order valence-corrected chi connectivity index (χ4v) is 2.31. The van der Waals surface area contributed by atoms with Crippen LogP contribution < -0.4 is 5.32 Å². The molecular formula is C13H18FN. The molecule has 1 aromatic carbocycles. The molecule has 2 heteroatoms. The molecule has 1 aliphatic rings. The second kappa shape index (κ2) is 5.26. The lowest BCUT2D eigenvalue weighted by molar-refractivity contribution is 0.416. The van der Waals surface area contributed by atoms with Gasteiger partial charge in [-0.2, -0.15) is 0 Å². The third-order valence-corrected chi connectivity index (χ3v) is 3.07. The van der Waals surface area contributed by atoms with Crippen LogP contribution in [0.4, 0.5) is 4.39 Å². The van der Waals surface area contributed by atoms with Gasteiger partial charge in [0, 0.05) is 6.04 Å². The summed E-state index contributed by atoms with van der Waals surface area (Å²) in [5.41, 5.74) is 2.88. The Morgan fingerprint density at radius 2 is 2.20 bits per heavy atom. The number of benzene rings is 1. The van der Waals surface area contributed by atoms with Crippen molar-refractivity contribution in [2.24, 2.45) is 0 Å². The average Bonchev–Trinajstić information content (AvgIpc) is 2.30. The minimum absolute atomic E-state index is 0.221. The van der Waals surface area contributed by atoms with Crippen LogP contribution in [0.5, 0.6) is 0 Å². The van der Waals surface area contributed by atoms with Crippen molar-refractivity contribution < 1.29 is 4.39 Å². The summed E-state index contributed by atoms with van der Waals surface area (Å²) in [6, 6.07) is 9.04. The van der Waals surface area contributed by atoms with Gasteiger partial charge >= 0.3 is 0 Å². The summed E-state index contributed by atoms with van der Waals surface area (Å²) in [4.78, 5) is 0. The lowest BCUT2D eigenvalue weighted by Gasteiger charge is -2.26. The molecule has 0 aliphatic heterocycles. The first-order chi connectivity index (χ1) is 7.42. The number of nitrogens with one attached hydrogen (secondary N) is 1. The van der Waals surface area contributed by atoms with Gasteiger partial charge in [-0.25, -0.2) is 0 Å². The normalized spacial score (nSPS) is 19.9. The van der Waals surface area contributed by atoms with E-state index >= 15 is 0 Å². The highest BCUT2D eigenvalue weighted by Crippen LogP contribution is 2.29. The largest absolute Gasteiger partial charge is 0.310 e. The van der Waals surface area contributed by atoms with Gasteiger partial charge in [-0.15, -0.1) is 0 Å². The average molecular weight is 207 g/mol. The molecule has 82 valence electrons. The number of halogens is 1. The van der Waals surface area contributed by atoms with Crippen molar-refractivity contribution in [2.45, 2.75) is 31.7 Å². The van der Waals surface area contributed by atoms with Crippen LogP contribution in [-0.4, -0.2) is 13.2 Å². The number of fused-ring (bicyclic) bond motifs is 1. The fourth-order valence-electron chi connectivity index (χ4n) is 2.31.